The van der Waals surface area contributed by atoms with Crippen LogP contribution < -0.4 is 11.3 Å². The predicted octanol–water partition coefficient (Wildman–Crippen LogP) is 4.37. The first-order valence-electron chi connectivity index (χ1n) is 7.37. The van der Waals surface area contributed by atoms with Gasteiger partial charge >= 0.3 is 6.18 Å². The lowest BCUT2D eigenvalue weighted by Crippen LogP contribution is -2.21. The highest BCUT2D eigenvalue weighted by molar-refractivity contribution is 6.30. The Labute approximate surface area is 152 Å². The van der Waals surface area contributed by atoms with Crippen molar-refractivity contribution in [3.8, 4) is 11.1 Å². The van der Waals surface area contributed by atoms with Crippen molar-refractivity contribution in [2.45, 2.75) is 13.1 Å². The minimum atomic E-state index is -4.72. The molecule has 0 unspecified atom stereocenters. The number of aromatic nitrogens is 2. The topological polar surface area (TPSA) is 71.8 Å². The maximum atomic E-state index is 13.4. The number of halogens is 4. The molecular formula is C18H15ClF3N3O. The molecule has 0 fully saturated rings. The van der Waals surface area contributed by atoms with Gasteiger partial charge in [-0.3, -0.25) is 4.79 Å². The molecule has 8 heteroatoms. The van der Waals surface area contributed by atoms with Crippen molar-refractivity contribution in [2.24, 2.45) is 5.73 Å². The molecule has 3 N–H and O–H groups in total. The Hall–Kier alpha value is -2.80. The summed E-state index contributed by atoms with van der Waals surface area (Å²) in [7, 11) is 0. The second kappa shape index (κ2) is 7.61. The van der Waals surface area contributed by atoms with Crippen molar-refractivity contribution in [1.82, 2.24) is 10.2 Å². The van der Waals surface area contributed by atoms with E-state index in [4.69, 9.17) is 17.3 Å². The minimum Gasteiger partial charge on any atom is -0.405 e. The standard InChI is InChI=1S/C18H15ClF3N3O/c1-10(14(4-3-9-23)18(20,21)22)15-16(11(2)24-25-17(15)26)12-5-7-13(19)8-6-12/h3-9H,1,23H2,2H3,(H,25,26)/b9-3-,14-4+. The molecule has 0 amide bonds. The zero-order valence-corrected chi connectivity index (χ0v) is 14.4. The molecule has 0 saturated carbocycles. The molecule has 0 bridgehead atoms. The van der Waals surface area contributed by atoms with Crippen LogP contribution in [0.3, 0.4) is 0 Å². The third kappa shape index (κ3) is 4.05. The number of nitrogens with one attached hydrogen (secondary N) is 1. The monoisotopic (exact) mass is 381 g/mol. The molecule has 1 heterocycles. The van der Waals surface area contributed by atoms with Gasteiger partial charge in [0.1, 0.15) is 0 Å². The summed E-state index contributed by atoms with van der Waals surface area (Å²) < 4.78 is 40.3. The van der Waals surface area contributed by atoms with Crippen molar-refractivity contribution in [3.05, 3.63) is 81.4 Å². The number of hydrogen-bond donors (Lipinski definition) is 2. The second-order valence-corrected chi connectivity index (χ2v) is 5.77. The molecule has 0 atom stereocenters. The van der Waals surface area contributed by atoms with Crippen molar-refractivity contribution >= 4 is 17.2 Å². The average molecular weight is 382 g/mol. The summed E-state index contributed by atoms with van der Waals surface area (Å²) in [4.78, 5) is 12.3. The Bertz CT molecular complexity index is 942. The number of alkyl halides is 3. The van der Waals surface area contributed by atoms with Crippen LogP contribution in [-0.4, -0.2) is 16.4 Å². The van der Waals surface area contributed by atoms with Gasteiger partial charge in [-0.25, -0.2) is 5.10 Å². The van der Waals surface area contributed by atoms with E-state index in [1.807, 2.05) is 0 Å². The van der Waals surface area contributed by atoms with Crippen LogP contribution in [0, 0.1) is 6.92 Å². The van der Waals surface area contributed by atoms with Gasteiger partial charge in [0.05, 0.1) is 16.8 Å². The number of aromatic amines is 1. The lowest BCUT2D eigenvalue weighted by atomic mass is 9.91. The number of allylic oxidation sites excluding steroid dienone is 4. The van der Waals surface area contributed by atoms with E-state index in [2.05, 4.69) is 16.8 Å². The van der Waals surface area contributed by atoms with E-state index in [1.165, 1.54) is 0 Å². The first-order valence-corrected chi connectivity index (χ1v) is 7.75. The Kier molecular flexibility index (Phi) is 5.72. The van der Waals surface area contributed by atoms with Crippen LogP contribution in [0.2, 0.25) is 5.02 Å². The molecule has 0 saturated heterocycles. The van der Waals surface area contributed by atoms with E-state index in [-0.39, 0.29) is 11.1 Å². The maximum Gasteiger partial charge on any atom is 0.416 e. The van der Waals surface area contributed by atoms with Crippen molar-refractivity contribution in [3.63, 3.8) is 0 Å². The summed E-state index contributed by atoms with van der Waals surface area (Å²) in [5, 5.41) is 6.51. The van der Waals surface area contributed by atoms with E-state index < -0.39 is 22.9 Å². The van der Waals surface area contributed by atoms with E-state index in [1.54, 1.807) is 31.2 Å². The molecule has 4 nitrogen and oxygen atoms in total. The van der Waals surface area contributed by atoms with Gasteiger partial charge in [-0.05, 0) is 48.5 Å². The number of nitrogens with zero attached hydrogens (tertiary/aromatic N) is 1. The fourth-order valence-corrected chi connectivity index (χ4v) is 2.58. The second-order valence-electron chi connectivity index (χ2n) is 5.34. The first kappa shape index (κ1) is 19.5. The quantitative estimate of drug-likeness (QED) is 0.772. The van der Waals surface area contributed by atoms with Gasteiger partial charge in [-0.1, -0.05) is 30.3 Å². The van der Waals surface area contributed by atoms with Crippen LogP contribution >= 0.6 is 11.6 Å². The number of H-pyrrole nitrogens is 1. The lowest BCUT2D eigenvalue weighted by Gasteiger charge is -2.17. The molecule has 2 rings (SSSR count). The van der Waals surface area contributed by atoms with Gasteiger partial charge < -0.3 is 5.73 Å². The van der Waals surface area contributed by atoms with Crippen molar-refractivity contribution in [1.29, 1.82) is 0 Å². The Morgan fingerprint density at radius 2 is 1.92 bits per heavy atom. The van der Waals surface area contributed by atoms with Gasteiger partial charge in [0.2, 0.25) is 0 Å². The van der Waals surface area contributed by atoms with Gasteiger partial charge in [0.25, 0.3) is 5.56 Å². The lowest BCUT2D eigenvalue weighted by molar-refractivity contribution is -0.0870. The SMILES string of the molecule is C=C(/C(=C\C=C/N)C(F)(F)F)c1c(-c2ccc(Cl)cc2)c(C)n[nH]c1=O. The van der Waals surface area contributed by atoms with E-state index in [9.17, 15) is 18.0 Å². The molecule has 0 spiro atoms. The number of benzene rings is 1. The first-order chi connectivity index (χ1) is 12.2. The van der Waals surface area contributed by atoms with Crippen LogP contribution in [0.15, 0.2) is 59.6 Å². The summed E-state index contributed by atoms with van der Waals surface area (Å²) in [5.41, 5.74) is 3.68. The van der Waals surface area contributed by atoms with Crippen molar-refractivity contribution in [2.75, 3.05) is 0 Å². The fraction of sp³-hybridized carbons (Fsp3) is 0.111. The molecule has 0 radical (unpaired) electrons. The smallest absolute Gasteiger partial charge is 0.405 e. The molecular weight excluding hydrogens is 367 g/mol. The highest BCUT2D eigenvalue weighted by atomic mass is 35.5. The average Bonchev–Trinajstić information content (AvgIpc) is 2.56. The Morgan fingerprint density at radius 3 is 2.46 bits per heavy atom. The predicted molar refractivity (Wildman–Crippen MR) is 96.5 cm³/mol. The molecule has 2 aromatic rings. The third-order valence-electron chi connectivity index (χ3n) is 3.60. The van der Waals surface area contributed by atoms with Crippen LogP contribution in [0.4, 0.5) is 13.2 Å². The fourth-order valence-electron chi connectivity index (χ4n) is 2.45. The maximum absolute atomic E-state index is 13.4. The van der Waals surface area contributed by atoms with E-state index in [0.717, 1.165) is 18.4 Å². The van der Waals surface area contributed by atoms with Gasteiger partial charge in [0.15, 0.2) is 0 Å². The van der Waals surface area contributed by atoms with Crippen molar-refractivity contribution < 1.29 is 13.2 Å². The number of hydrogen-bond acceptors (Lipinski definition) is 3. The van der Waals surface area contributed by atoms with Crippen LogP contribution in [-0.2, 0) is 0 Å². The highest BCUT2D eigenvalue weighted by Gasteiger charge is 2.37. The summed E-state index contributed by atoms with van der Waals surface area (Å²) in [6.07, 6.45) is -1.97. The molecule has 136 valence electrons. The molecule has 0 aliphatic rings. The molecule has 1 aromatic carbocycles. The van der Waals surface area contributed by atoms with Gasteiger partial charge in [0, 0.05) is 10.6 Å². The molecule has 26 heavy (non-hydrogen) atoms. The molecule has 0 aliphatic carbocycles. The van der Waals surface area contributed by atoms with Gasteiger partial charge in [-0.2, -0.15) is 18.3 Å². The van der Waals surface area contributed by atoms with Crippen LogP contribution in [0.25, 0.3) is 16.7 Å². The van der Waals surface area contributed by atoms with Gasteiger partial charge in [-0.15, -0.1) is 0 Å². The number of aryl methyl sites for hydroxylation is 1. The zero-order valence-electron chi connectivity index (χ0n) is 13.7. The Balaban J connectivity index is 2.76. The number of rotatable bonds is 4. The van der Waals surface area contributed by atoms with E-state index in [0.29, 0.717) is 16.3 Å². The zero-order chi connectivity index (χ0) is 19.5. The van der Waals surface area contributed by atoms with Crippen LogP contribution in [0.5, 0.6) is 0 Å². The summed E-state index contributed by atoms with van der Waals surface area (Å²) in [5.74, 6) is 0. The van der Waals surface area contributed by atoms with Crippen LogP contribution in [0.1, 0.15) is 11.3 Å². The minimum absolute atomic E-state index is 0.214. The summed E-state index contributed by atoms with van der Waals surface area (Å²) in [6.45, 7) is 5.09. The molecule has 1 aromatic heterocycles. The largest absolute Gasteiger partial charge is 0.416 e. The molecule has 0 aliphatic heterocycles. The third-order valence-corrected chi connectivity index (χ3v) is 3.86. The summed E-state index contributed by atoms with van der Waals surface area (Å²) >= 11 is 5.86. The normalized spacial score (nSPS) is 12.6. The number of nitrogens with two attached hydrogens (primary N) is 1. The van der Waals surface area contributed by atoms with E-state index >= 15 is 0 Å². The Morgan fingerprint density at radius 1 is 1.31 bits per heavy atom. The highest BCUT2D eigenvalue weighted by Crippen LogP contribution is 2.38. The summed E-state index contributed by atoms with van der Waals surface area (Å²) in [6, 6.07) is 6.34.